The Morgan fingerprint density at radius 3 is 2.65 bits per heavy atom. The smallest absolute Gasteiger partial charge is 0.134 e. The monoisotopic (exact) mass is 271 g/mol. The molecule has 1 aromatic heterocycles. The van der Waals surface area contributed by atoms with E-state index in [-0.39, 0.29) is 0 Å². The lowest BCUT2D eigenvalue weighted by Gasteiger charge is -2.30. The number of aromatic nitrogens is 1. The van der Waals surface area contributed by atoms with Gasteiger partial charge in [0.15, 0.2) is 0 Å². The van der Waals surface area contributed by atoms with Crippen LogP contribution in [0.1, 0.15) is 32.8 Å². The predicted molar refractivity (Wildman–Crippen MR) is 87.3 cm³/mol. The molecule has 0 spiro atoms. The fourth-order valence-corrected chi connectivity index (χ4v) is 2.61. The van der Waals surface area contributed by atoms with Crippen molar-refractivity contribution in [2.45, 2.75) is 39.8 Å². The number of nitrogens with one attached hydrogen (secondary N) is 1. The number of benzene rings is 1. The van der Waals surface area contributed by atoms with Crippen LogP contribution in [0.2, 0.25) is 0 Å². The average molecular weight is 271 g/mol. The van der Waals surface area contributed by atoms with Crippen LogP contribution in [0, 0.1) is 0 Å². The zero-order valence-electron chi connectivity index (χ0n) is 13.0. The zero-order valence-corrected chi connectivity index (χ0v) is 13.0. The van der Waals surface area contributed by atoms with Crippen molar-refractivity contribution in [3.8, 4) is 0 Å². The summed E-state index contributed by atoms with van der Waals surface area (Å²) < 4.78 is 0. The van der Waals surface area contributed by atoms with E-state index in [1.807, 2.05) is 7.05 Å². The predicted octanol–water partition coefficient (Wildman–Crippen LogP) is 3.58. The van der Waals surface area contributed by atoms with E-state index < -0.39 is 0 Å². The highest BCUT2D eigenvalue weighted by molar-refractivity contribution is 5.81. The summed E-state index contributed by atoms with van der Waals surface area (Å²) in [6.45, 7) is 8.53. The standard InChI is InChI=1S/C17H25N3/c1-5-13(3)20(6-2)17-15(12-18-4)11-14-9-7-8-10-16(14)19-17/h7-11,13,18H,5-6,12H2,1-4H3. The fraction of sp³-hybridized carbons (Fsp3) is 0.471. The molecule has 0 saturated carbocycles. The number of hydrogen-bond acceptors (Lipinski definition) is 3. The van der Waals surface area contributed by atoms with E-state index in [0.29, 0.717) is 6.04 Å². The molecule has 2 aromatic rings. The van der Waals surface area contributed by atoms with Gasteiger partial charge in [-0.3, -0.25) is 0 Å². The van der Waals surface area contributed by atoms with Crippen LogP contribution in [0.25, 0.3) is 10.9 Å². The SMILES string of the molecule is CCC(C)N(CC)c1nc2ccccc2cc1CNC. The van der Waals surface area contributed by atoms with Gasteiger partial charge in [-0.1, -0.05) is 25.1 Å². The Hall–Kier alpha value is -1.61. The fourth-order valence-electron chi connectivity index (χ4n) is 2.61. The summed E-state index contributed by atoms with van der Waals surface area (Å²) >= 11 is 0. The first-order valence-corrected chi connectivity index (χ1v) is 7.51. The van der Waals surface area contributed by atoms with Crippen LogP contribution in [-0.4, -0.2) is 24.6 Å². The summed E-state index contributed by atoms with van der Waals surface area (Å²) in [5, 5.41) is 4.47. The third-order valence-corrected chi connectivity index (χ3v) is 3.88. The van der Waals surface area contributed by atoms with Crippen LogP contribution < -0.4 is 10.2 Å². The van der Waals surface area contributed by atoms with Crippen LogP contribution >= 0.6 is 0 Å². The molecule has 1 N–H and O–H groups in total. The number of fused-ring (bicyclic) bond motifs is 1. The summed E-state index contributed by atoms with van der Waals surface area (Å²) in [5.74, 6) is 1.12. The van der Waals surface area contributed by atoms with Crippen LogP contribution in [0.15, 0.2) is 30.3 Å². The van der Waals surface area contributed by atoms with Gasteiger partial charge in [-0.05, 0) is 39.4 Å². The van der Waals surface area contributed by atoms with E-state index in [2.05, 4.69) is 61.3 Å². The van der Waals surface area contributed by atoms with Gasteiger partial charge in [0, 0.05) is 30.1 Å². The van der Waals surface area contributed by atoms with Gasteiger partial charge >= 0.3 is 0 Å². The van der Waals surface area contributed by atoms with Crippen molar-refractivity contribution in [3.63, 3.8) is 0 Å². The third kappa shape index (κ3) is 2.93. The largest absolute Gasteiger partial charge is 0.354 e. The van der Waals surface area contributed by atoms with E-state index in [0.717, 1.165) is 30.8 Å². The Balaban J connectivity index is 2.55. The number of pyridine rings is 1. The number of anilines is 1. The number of para-hydroxylation sites is 1. The molecule has 1 heterocycles. The van der Waals surface area contributed by atoms with Gasteiger partial charge in [-0.15, -0.1) is 0 Å². The van der Waals surface area contributed by atoms with Gasteiger partial charge in [-0.2, -0.15) is 0 Å². The topological polar surface area (TPSA) is 28.2 Å². The summed E-state index contributed by atoms with van der Waals surface area (Å²) in [6.07, 6.45) is 1.13. The van der Waals surface area contributed by atoms with Gasteiger partial charge in [0.25, 0.3) is 0 Å². The highest BCUT2D eigenvalue weighted by Crippen LogP contribution is 2.25. The second kappa shape index (κ2) is 6.71. The van der Waals surface area contributed by atoms with Gasteiger partial charge in [0.1, 0.15) is 5.82 Å². The van der Waals surface area contributed by atoms with Gasteiger partial charge in [0.2, 0.25) is 0 Å². The average Bonchev–Trinajstić information content (AvgIpc) is 2.48. The molecule has 0 fully saturated rings. The Morgan fingerprint density at radius 2 is 2.00 bits per heavy atom. The summed E-state index contributed by atoms with van der Waals surface area (Å²) in [7, 11) is 1.98. The maximum atomic E-state index is 4.92. The molecule has 0 aliphatic heterocycles. The maximum Gasteiger partial charge on any atom is 0.134 e. The lowest BCUT2D eigenvalue weighted by molar-refractivity contribution is 0.619. The van der Waals surface area contributed by atoms with Gasteiger partial charge < -0.3 is 10.2 Å². The van der Waals surface area contributed by atoms with Crippen molar-refractivity contribution in [2.75, 3.05) is 18.5 Å². The molecule has 0 bridgehead atoms. The minimum atomic E-state index is 0.504. The molecule has 0 aliphatic carbocycles. The number of nitrogens with zero attached hydrogens (tertiary/aromatic N) is 2. The van der Waals surface area contributed by atoms with E-state index in [9.17, 15) is 0 Å². The van der Waals surface area contributed by atoms with E-state index in [1.165, 1.54) is 10.9 Å². The van der Waals surface area contributed by atoms with Gasteiger partial charge in [-0.25, -0.2) is 4.98 Å². The quantitative estimate of drug-likeness (QED) is 0.870. The Kier molecular flexibility index (Phi) is 4.96. The molecule has 0 aliphatic rings. The number of hydrogen-bond donors (Lipinski definition) is 1. The lowest BCUT2D eigenvalue weighted by atomic mass is 10.1. The molecule has 1 aromatic carbocycles. The highest BCUT2D eigenvalue weighted by atomic mass is 15.2. The molecule has 1 atom stereocenters. The summed E-state index contributed by atoms with van der Waals surface area (Å²) in [4.78, 5) is 7.32. The van der Waals surface area contributed by atoms with Crippen LogP contribution in [0.3, 0.4) is 0 Å². The van der Waals surface area contributed by atoms with E-state index in [4.69, 9.17) is 4.98 Å². The maximum absolute atomic E-state index is 4.92. The molecular weight excluding hydrogens is 246 g/mol. The Bertz CT molecular complexity index is 565. The van der Waals surface area contributed by atoms with Crippen molar-refractivity contribution in [1.29, 1.82) is 0 Å². The minimum Gasteiger partial charge on any atom is -0.354 e. The summed E-state index contributed by atoms with van der Waals surface area (Å²) in [5.41, 5.74) is 2.34. The van der Waals surface area contributed by atoms with Crippen molar-refractivity contribution in [1.82, 2.24) is 10.3 Å². The molecule has 0 saturated heterocycles. The molecule has 2 rings (SSSR count). The number of rotatable bonds is 6. The van der Waals surface area contributed by atoms with Gasteiger partial charge in [0.05, 0.1) is 5.52 Å². The molecule has 3 nitrogen and oxygen atoms in total. The second-order valence-electron chi connectivity index (χ2n) is 5.24. The van der Waals surface area contributed by atoms with E-state index >= 15 is 0 Å². The highest BCUT2D eigenvalue weighted by Gasteiger charge is 2.16. The van der Waals surface area contributed by atoms with Crippen LogP contribution in [0.4, 0.5) is 5.82 Å². The summed E-state index contributed by atoms with van der Waals surface area (Å²) in [6, 6.07) is 11.1. The molecule has 108 valence electrons. The van der Waals surface area contributed by atoms with Crippen LogP contribution in [0.5, 0.6) is 0 Å². The van der Waals surface area contributed by atoms with Crippen molar-refractivity contribution < 1.29 is 0 Å². The minimum absolute atomic E-state index is 0.504. The first-order chi connectivity index (χ1) is 9.71. The zero-order chi connectivity index (χ0) is 14.5. The Labute approximate surface area is 122 Å². The van der Waals surface area contributed by atoms with E-state index in [1.54, 1.807) is 0 Å². The van der Waals surface area contributed by atoms with Crippen molar-refractivity contribution >= 4 is 16.7 Å². The second-order valence-corrected chi connectivity index (χ2v) is 5.24. The third-order valence-electron chi connectivity index (χ3n) is 3.88. The first-order valence-electron chi connectivity index (χ1n) is 7.51. The molecule has 0 amide bonds. The van der Waals surface area contributed by atoms with Crippen LogP contribution in [-0.2, 0) is 6.54 Å². The molecular formula is C17H25N3. The lowest BCUT2D eigenvalue weighted by Crippen LogP contribution is -2.34. The molecule has 3 heteroatoms. The van der Waals surface area contributed by atoms with Crippen molar-refractivity contribution in [2.24, 2.45) is 0 Å². The molecule has 1 unspecified atom stereocenters. The Morgan fingerprint density at radius 1 is 1.25 bits per heavy atom. The molecule has 0 radical (unpaired) electrons. The normalized spacial score (nSPS) is 12.6. The molecule has 20 heavy (non-hydrogen) atoms. The first kappa shape index (κ1) is 14.8. The van der Waals surface area contributed by atoms with Crippen molar-refractivity contribution in [3.05, 3.63) is 35.9 Å².